The fourth-order valence-corrected chi connectivity index (χ4v) is 10.5. The number of aliphatic hydroxyl groups is 1. The normalized spacial score (nSPS) is 12.7. The molecule has 0 saturated carbocycles. The molecular formula is C47H86B3N5O5S7. The third kappa shape index (κ3) is 47.7. The van der Waals surface area contributed by atoms with Crippen LogP contribution in [0.5, 0.6) is 0 Å². The van der Waals surface area contributed by atoms with Gasteiger partial charge >= 0.3 is 21.2 Å². The summed E-state index contributed by atoms with van der Waals surface area (Å²) < 4.78 is 0. The van der Waals surface area contributed by atoms with Crippen molar-refractivity contribution in [3.8, 4) is 0 Å². The molecule has 0 fully saturated rings. The molecule has 0 aliphatic rings. The molecule has 380 valence electrons. The first-order valence-corrected chi connectivity index (χ1v) is 31.6. The van der Waals surface area contributed by atoms with Crippen LogP contribution in [0, 0.1) is 0 Å². The van der Waals surface area contributed by atoms with Crippen LogP contribution in [-0.4, -0.2) is 149 Å². The number of nitrogens with two attached hydrogens (primary N) is 2. The van der Waals surface area contributed by atoms with E-state index in [9.17, 15) is 9.82 Å². The van der Waals surface area contributed by atoms with Gasteiger partial charge in [-0.15, -0.1) is 35.3 Å². The molecule has 20 heteroatoms. The molecule has 5 atom stereocenters. The molecule has 0 aliphatic heterocycles. The number of aliphatic hydroxyl groups excluding tert-OH is 1. The molecule has 0 unspecified atom stereocenters. The highest BCUT2D eigenvalue weighted by molar-refractivity contribution is 8.00. The van der Waals surface area contributed by atoms with Gasteiger partial charge in [0.1, 0.15) is 5.78 Å². The van der Waals surface area contributed by atoms with Gasteiger partial charge < -0.3 is 47.3 Å². The Balaban J connectivity index is 0. The largest absolute Gasteiger partial charge is 0.437 e. The van der Waals surface area contributed by atoms with Crippen LogP contribution >= 0.6 is 82.3 Å². The van der Waals surface area contributed by atoms with E-state index in [-0.39, 0.29) is 31.5 Å². The van der Waals surface area contributed by atoms with E-state index in [1.54, 1.807) is 50.9 Å². The Morgan fingerprint density at radius 2 is 0.866 bits per heavy atom. The first-order valence-electron chi connectivity index (χ1n) is 23.1. The predicted octanol–water partition coefficient (Wildman–Crippen LogP) is 8.56. The molecule has 10 nitrogen and oxygen atoms in total. The molecule has 0 aromatic heterocycles. The number of carbonyl (C=O) groups excluding carboxylic acids is 1. The molecule has 0 spiro atoms. The number of thioether (sulfide) groups is 7. The summed E-state index contributed by atoms with van der Waals surface area (Å²) in [5.74, 6) is 7.43. The van der Waals surface area contributed by atoms with Crippen molar-refractivity contribution in [2.75, 3.05) is 71.9 Å². The third-order valence-corrected chi connectivity index (χ3v) is 15.2. The van der Waals surface area contributed by atoms with Crippen LogP contribution in [0.25, 0.3) is 0 Å². The van der Waals surface area contributed by atoms with Gasteiger partial charge in [0.2, 0.25) is 0 Å². The van der Waals surface area contributed by atoms with E-state index in [0.717, 1.165) is 72.4 Å². The summed E-state index contributed by atoms with van der Waals surface area (Å²) in [4.78, 5) is 14.6. The second-order valence-corrected chi connectivity index (χ2v) is 22.9. The van der Waals surface area contributed by atoms with Crippen molar-refractivity contribution in [2.45, 2.75) is 118 Å². The topological polar surface area (TPSA) is 186 Å². The minimum absolute atomic E-state index is 0.0299. The highest BCUT2D eigenvalue weighted by Gasteiger charge is 2.14. The van der Waals surface area contributed by atoms with E-state index >= 15 is 0 Å². The third-order valence-electron chi connectivity index (χ3n) is 9.01. The summed E-state index contributed by atoms with van der Waals surface area (Å²) in [7, 11) is -1.34. The Labute approximate surface area is 438 Å². The van der Waals surface area contributed by atoms with E-state index in [1.807, 2.05) is 108 Å². The maximum absolute atomic E-state index is 10.8. The van der Waals surface area contributed by atoms with Gasteiger partial charge in [0.15, 0.2) is 0 Å². The lowest BCUT2D eigenvalue weighted by Gasteiger charge is -2.18. The molecule has 11 N–H and O–H groups in total. The van der Waals surface area contributed by atoms with Crippen molar-refractivity contribution in [3.05, 3.63) is 91.0 Å². The van der Waals surface area contributed by atoms with Crippen molar-refractivity contribution in [3.63, 3.8) is 0 Å². The molecule has 0 heterocycles. The number of nitrogens with one attached hydrogen (secondary N) is 3. The van der Waals surface area contributed by atoms with Gasteiger partial charge in [-0.05, 0) is 150 Å². The maximum Gasteiger partial charge on any atom is 0.373 e. The summed E-state index contributed by atoms with van der Waals surface area (Å²) in [5, 5.41) is 45.3. The summed E-state index contributed by atoms with van der Waals surface area (Å²) in [6.07, 6.45) is 14.2. The summed E-state index contributed by atoms with van der Waals surface area (Å²) in [5.41, 5.74) is 11.8. The van der Waals surface area contributed by atoms with Gasteiger partial charge in [-0.3, -0.25) is 4.79 Å². The minimum Gasteiger partial charge on any atom is -0.437 e. The van der Waals surface area contributed by atoms with E-state index in [4.69, 9.17) is 26.6 Å². The van der Waals surface area contributed by atoms with Crippen molar-refractivity contribution in [1.82, 2.24) is 15.7 Å². The number of hydrogen-bond acceptors (Lipinski definition) is 17. The molecule has 0 saturated heterocycles. The maximum atomic E-state index is 10.8. The Hall–Kier alpha value is -0.385. The number of Topliss-reactive ketones (excluding diaryl/α,β-unsaturated/α-hetero) is 1. The quantitative estimate of drug-likeness (QED) is 0.0220. The first-order chi connectivity index (χ1) is 32.1. The lowest BCUT2D eigenvalue weighted by molar-refractivity contribution is -0.117. The monoisotopic (exact) mass is 1060 g/mol. The minimum atomic E-state index is -0.533. The van der Waals surface area contributed by atoms with E-state index in [0.29, 0.717) is 24.5 Å². The second kappa shape index (κ2) is 49.2. The number of rotatable bonds is 31. The van der Waals surface area contributed by atoms with E-state index < -0.39 is 14.1 Å². The number of benzene rings is 3. The first kappa shape index (κ1) is 68.7. The SMILES string of the molecule is CC(=O)C[C@H](N)CSc1ccccc1.CC[C@H](CCSC)NB(C)O.CSCC[C@@H](CO)NB(C)O.CSCC[C@@H](CSc1ccccc1)NB(C)O.CSCC[C@H](N)CSc1ccccc1. The van der Waals surface area contributed by atoms with Crippen LogP contribution in [0.3, 0.4) is 0 Å². The Bertz CT molecular complexity index is 1480. The second-order valence-electron chi connectivity index (χ2n) is 15.6. The zero-order valence-corrected chi connectivity index (χ0v) is 47.6. The molecule has 3 aromatic rings. The van der Waals surface area contributed by atoms with Gasteiger partial charge in [0.05, 0.1) is 6.61 Å². The van der Waals surface area contributed by atoms with Crippen molar-refractivity contribution in [2.24, 2.45) is 11.5 Å². The lowest BCUT2D eigenvalue weighted by atomic mass is 9.86. The number of carbonyl (C=O) groups is 1. The molecule has 0 amide bonds. The zero-order valence-electron chi connectivity index (χ0n) is 41.9. The van der Waals surface area contributed by atoms with Crippen LogP contribution < -0.4 is 27.2 Å². The van der Waals surface area contributed by atoms with E-state index in [1.165, 1.54) is 14.7 Å². The van der Waals surface area contributed by atoms with Crippen LogP contribution in [-0.2, 0) is 4.79 Å². The Kier molecular flexibility index (Phi) is 50.4. The van der Waals surface area contributed by atoms with Gasteiger partial charge in [-0.25, -0.2) is 0 Å². The van der Waals surface area contributed by atoms with Crippen molar-refractivity contribution in [1.29, 1.82) is 0 Å². The fraction of sp³-hybridized carbons (Fsp3) is 0.596. The van der Waals surface area contributed by atoms with Crippen molar-refractivity contribution >= 4 is 109 Å². The number of ketones is 1. The van der Waals surface area contributed by atoms with Crippen LogP contribution in [0.1, 0.15) is 52.4 Å². The average molecular weight is 1060 g/mol. The number of hydrogen-bond donors (Lipinski definition) is 9. The smallest absolute Gasteiger partial charge is 0.373 e. The molecule has 0 radical (unpaired) electrons. The van der Waals surface area contributed by atoms with Crippen molar-refractivity contribution < 1.29 is 25.0 Å². The standard InChI is InChI=1S/C12H20BNOS2.C11H15NOS.C11H17NS2.C7H18BNOS.C6H16BNO2S/c1-13(15)14-11(8-9-16-2)10-17-12-6-4-3-5-7-12;1-9(13)7-10(12)8-14-11-5-3-2-4-6-11;1-13-8-7-10(12)9-14-11-5-3-2-4-6-11;1-4-7(5-6-11-3)9-8(2)10;1-7(10)8-6(5-9)3-4-11-2/h3-7,11,14-15H,8-10H2,1-2H3;2-6,10H,7-8,12H2,1H3;2-6,10H,7-9,12H2,1H3;7,9-10H,4-6H2,1-3H3;6,8-10H,3-5H2,1-2H3/t11-;2*10-;7-;6-/m00010/s1. The Morgan fingerprint density at radius 1 is 0.537 bits per heavy atom. The lowest BCUT2D eigenvalue weighted by Crippen LogP contribution is -2.42. The Morgan fingerprint density at radius 3 is 1.22 bits per heavy atom. The molecule has 3 aromatic carbocycles. The molecular weight excluding hydrogens is 971 g/mol. The zero-order chi connectivity index (χ0) is 50.5. The predicted molar refractivity (Wildman–Crippen MR) is 314 cm³/mol. The molecule has 3 rings (SSSR count). The average Bonchev–Trinajstić information content (AvgIpc) is 3.31. The molecule has 67 heavy (non-hydrogen) atoms. The summed E-state index contributed by atoms with van der Waals surface area (Å²) in [6, 6.07) is 32.1. The van der Waals surface area contributed by atoms with E-state index in [2.05, 4.69) is 89.9 Å². The van der Waals surface area contributed by atoms with Gasteiger partial charge in [0, 0.05) is 62.5 Å². The van der Waals surface area contributed by atoms with Gasteiger partial charge in [-0.2, -0.15) is 47.0 Å². The highest BCUT2D eigenvalue weighted by Crippen LogP contribution is 2.21. The summed E-state index contributed by atoms with van der Waals surface area (Å²) >= 11 is 12.7. The molecule has 0 aliphatic carbocycles. The molecule has 0 bridgehead atoms. The van der Waals surface area contributed by atoms with Crippen LogP contribution in [0.2, 0.25) is 20.5 Å². The fourth-order valence-electron chi connectivity index (χ4n) is 5.59. The van der Waals surface area contributed by atoms with Gasteiger partial charge in [-0.1, -0.05) is 61.5 Å². The highest BCUT2D eigenvalue weighted by atomic mass is 32.2. The van der Waals surface area contributed by atoms with Crippen LogP contribution in [0.4, 0.5) is 0 Å². The van der Waals surface area contributed by atoms with Gasteiger partial charge in [0.25, 0.3) is 0 Å². The van der Waals surface area contributed by atoms with Crippen LogP contribution in [0.15, 0.2) is 106 Å². The summed E-state index contributed by atoms with van der Waals surface area (Å²) in [6.45, 7) is 9.00.